The molecule has 5 heteroatoms. The van der Waals surface area contributed by atoms with Crippen molar-refractivity contribution in [2.45, 2.75) is 0 Å². The van der Waals surface area contributed by atoms with Gasteiger partial charge in [0.25, 0.3) is 0 Å². The molecule has 0 aliphatic rings. The maximum absolute atomic E-state index is 9.98. The SMILES string of the molecule is O=[N+]([O-])c1[c-]cccc1.[I-].[K+]. The monoisotopic (exact) mass is 288 g/mol. The summed E-state index contributed by atoms with van der Waals surface area (Å²) in [6.45, 7) is 0. The number of hydrogen-bond acceptors (Lipinski definition) is 2. The van der Waals surface area contributed by atoms with Crippen LogP contribution < -0.4 is 75.4 Å². The molecule has 0 atom stereocenters. The number of nitro groups is 1. The van der Waals surface area contributed by atoms with Crippen molar-refractivity contribution in [1.82, 2.24) is 0 Å². The van der Waals surface area contributed by atoms with Gasteiger partial charge < -0.3 is 24.0 Å². The number of benzene rings is 1. The average Bonchev–Trinajstić information content (AvgIpc) is 1.90. The van der Waals surface area contributed by atoms with Crippen LogP contribution in [0.5, 0.6) is 0 Å². The van der Waals surface area contributed by atoms with Crippen LogP contribution >= 0.6 is 0 Å². The first-order chi connectivity index (χ1) is 4.30. The molecule has 0 fully saturated rings. The maximum Gasteiger partial charge on any atom is 1.00 e. The molecule has 1 rings (SSSR count). The molecule has 0 aliphatic heterocycles. The molecule has 3 nitrogen and oxygen atoms in total. The summed E-state index contributed by atoms with van der Waals surface area (Å²) in [5.74, 6) is 0. The smallest absolute Gasteiger partial charge is 1.00 e. The van der Waals surface area contributed by atoms with Gasteiger partial charge in [-0.25, -0.2) is 0 Å². The summed E-state index contributed by atoms with van der Waals surface area (Å²) >= 11 is 0. The van der Waals surface area contributed by atoms with Crippen LogP contribution in [0.4, 0.5) is 5.69 Å². The number of halogens is 1. The summed E-state index contributed by atoms with van der Waals surface area (Å²) in [7, 11) is 0. The summed E-state index contributed by atoms with van der Waals surface area (Å²) in [5, 5.41) is 9.98. The Morgan fingerprint density at radius 2 is 2.09 bits per heavy atom. The maximum atomic E-state index is 9.98. The number of para-hydroxylation sites is 1. The van der Waals surface area contributed by atoms with Crippen LogP contribution in [-0.2, 0) is 0 Å². The molecule has 0 aromatic heterocycles. The predicted octanol–water partition coefficient (Wildman–Crippen LogP) is -4.60. The van der Waals surface area contributed by atoms with E-state index in [-0.39, 0.29) is 81.0 Å². The van der Waals surface area contributed by atoms with Gasteiger partial charge in [-0.05, 0) is 0 Å². The van der Waals surface area contributed by atoms with Gasteiger partial charge in [-0.3, -0.25) is 10.1 Å². The molecule has 0 radical (unpaired) electrons. The molecule has 0 spiro atoms. The summed E-state index contributed by atoms with van der Waals surface area (Å²) in [6, 6.07) is 8.68. The number of non-ortho nitro benzene ring substituents is 1. The molecule has 0 N–H and O–H groups in total. The Hall–Kier alpha value is 0.986. The minimum Gasteiger partial charge on any atom is -1.00 e. The molecule has 54 valence electrons. The Labute approximate surface area is 124 Å². The van der Waals surface area contributed by atoms with Crippen molar-refractivity contribution in [3.8, 4) is 0 Å². The van der Waals surface area contributed by atoms with E-state index in [9.17, 15) is 10.1 Å². The zero-order chi connectivity index (χ0) is 6.69. The van der Waals surface area contributed by atoms with E-state index in [1.807, 2.05) is 0 Å². The first-order valence-electron chi connectivity index (χ1n) is 2.42. The Kier molecular flexibility index (Phi) is 10.1. The van der Waals surface area contributed by atoms with E-state index >= 15 is 0 Å². The van der Waals surface area contributed by atoms with Gasteiger partial charge in [0, 0.05) is 4.92 Å². The van der Waals surface area contributed by atoms with Crippen LogP contribution in [-0.4, -0.2) is 4.92 Å². The van der Waals surface area contributed by atoms with Gasteiger partial charge in [0.15, 0.2) is 5.69 Å². The van der Waals surface area contributed by atoms with Crippen LogP contribution in [0.2, 0.25) is 0 Å². The topological polar surface area (TPSA) is 43.1 Å². The minimum absolute atomic E-state index is 0. The van der Waals surface area contributed by atoms with Crippen LogP contribution in [0, 0.1) is 16.2 Å². The Balaban J connectivity index is 0. The molecule has 0 unspecified atom stereocenters. The molecule has 0 saturated heterocycles. The summed E-state index contributed by atoms with van der Waals surface area (Å²) in [6.07, 6.45) is 0. The van der Waals surface area contributed by atoms with Crippen molar-refractivity contribution < 1.29 is 80.3 Å². The van der Waals surface area contributed by atoms with E-state index in [1.54, 1.807) is 12.1 Å². The third-order valence-corrected chi connectivity index (χ3v) is 0.889. The second kappa shape index (κ2) is 7.63. The second-order valence-electron chi connectivity index (χ2n) is 1.50. The van der Waals surface area contributed by atoms with Crippen molar-refractivity contribution in [3.05, 3.63) is 40.4 Å². The molecular weight excluding hydrogens is 284 g/mol. The first-order valence-corrected chi connectivity index (χ1v) is 2.42. The zero-order valence-corrected chi connectivity index (χ0v) is 11.2. The van der Waals surface area contributed by atoms with Gasteiger partial charge in [-0.1, -0.05) is 6.07 Å². The number of nitro benzene ring substituents is 1. The van der Waals surface area contributed by atoms with Gasteiger partial charge >= 0.3 is 51.4 Å². The third-order valence-electron chi connectivity index (χ3n) is 0.889. The molecular formula is C6H4IKNO2-. The van der Waals surface area contributed by atoms with E-state index in [0.717, 1.165) is 0 Å². The summed E-state index contributed by atoms with van der Waals surface area (Å²) in [5.41, 5.74) is 0.0116. The fourth-order valence-electron chi connectivity index (χ4n) is 0.497. The Bertz CT molecular complexity index is 217. The van der Waals surface area contributed by atoms with Crippen molar-refractivity contribution in [1.29, 1.82) is 0 Å². The van der Waals surface area contributed by atoms with Crippen LogP contribution in [0.25, 0.3) is 0 Å². The number of nitrogens with zero attached hydrogens (tertiary/aromatic N) is 1. The largest absolute Gasteiger partial charge is 1.00 e. The van der Waals surface area contributed by atoms with E-state index in [2.05, 4.69) is 6.07 Å². The fourth-order valence-corrected chi connectivity index (χ4v) is 0.497. The van der Waals surface area contributed by atoms with E-state index in [1.165, 1.54) is 12.1 Å². The zero-order valence-electron chi connectivity index (χ0n) is 5.95. The standard InChI is InChI=1S/C6H4NO2.HI.K/c8-7(9)6-4-2-1-3-5-6;;/h1-4H;1H;/q-1;;+1/p-1. The fraction of sp³-hybridized carbons (Fsp3) is 0. The third kappa shape index (κ3) is 5.26. The van der Waals surface area contributed by atoms with Crippen molar-refractivity contribution >= 4 is 5.69 Å². The molecule has 11 heavy (non-hydrogen) atoms. The van der Waals surface area contributed by atoms with Crippen LogP contribution in [0.1, 0.15) is 0 Å². The predicted molar refractivity (Wildman–Crippen MR) is 31.9 cm³/mol. The normalized spacial score (nSPS) is 7.27. The van der Waals surface area contributed by atoms with E-state index in [0.29, 0.717) is 0 Å². The Morgan fingerprint density at radius 1 is 1.45 bits per heavy atom. The molecule has 0 aliphatic carbocycles. The van der Waals surface area contributed by atoms with Gasteiger partial charge in [-0.15, -0.1) is 6.07 Å². The minimum atomic E-state index is -0.472. The molecule has 1 aromatic rings. The molecule has 0 saturated carbocycles. The van der Waals surface area contributed by atoms with Crippen molar-refractivity contribution in [2.75, 3.05) is 0 Å². The molecule has 0 amide bonds. The number of hydrogen-bond donors (Lipinski definition) is 0. The average molecular weight is 288 g/mol. The van der Waals surface area contributed by atoms with Crippen LogP contribution in [0.15, 0.2) is 24.3 Å². The number of rotatable bonds is 1. The van der Waals surface area contributed by atoms with Gasteiger partial charge in [0.2, 0.25) is 0 Å². The van der Waals surface area contributed by atoms with Gasteiger partial charge in [0.05, 0.1) is 0 Å². The van der Waals surface area contributed by atoms with Crippen molar-refractivity contribution in [3.63, 3.8) is 0 Å². The van der Waals surface area contributed by atoms with E-state index in [4.69, 9.17) is 0 Å². The van der Waals surface area contributed by atoms with Gasteiger partial charge in [0.1, 0.15) is 0 Å². The second-order valence-corrected chi connectivity index (χ2v) is 1.50. The molecule has 0 bridgehead atoms. The molecule has 0 heterocycles. The summed E-state index contributed by atoms with van der Waals surface area (Å²) in [4.78, 5) is 9.50. The molecule has 1 aromatic carbocycles. The van der Waals surface area contributed by atoms with Crippen molar-refractivity contribution in [2.24, 2.45) is 0 Å². The summed E-state index contributed by atoms with van der Waals surface area (Å²) < 4.78 is 0. The first kappa shape index (κ1) is 14.5. The van der Waals surface area contributed by atoms with Gasteiger partial charge in [-0.2, -0.15) is 18.2 Å². The Morgan fingerprint density at radius 3 is 2.36 bits per heavy atom. The van der Waals surface area contributed by atoms with Crippen LogP contribution in [0.3, 0.4) is 0 Å². The quantitative estimate of drug-likeness (QED) is 0.172. The van der Waals surface area contributed by atoms with E-state index < -0.39 is 4.92 Å².